The second kappa shape index (κ2) is 9.01. The number of anilines is 1. The van der Waals surface area contributed by atoms with Gasteiger partial charge >= 0.3 is 0 Å². The Kier molecular flexibility index (Phi) is 5.78. The molecule has 0 aliphatic carbocycles. The minimum Gasteiger partial charge on any atom is -0.374 e. The van der Waals surface area contributed by atoms with Crippen LogP contribution >= 0.6 is 0 Å². The highest BCUT2D eigenvalue weighted by Gasteiger charge is 2.21. The maximum absolute atomic E-state index is 5.43. The first-order chi connectivity index (χ1) is 15.7. The third-order valence-electron chi connectivity index (χ3n) is 5.77. The molecule has 0 bridgehead atoms. The Bertz CT molecular complexity index is 1180. The molecule has 0 N–H and O–H groups in total. The summed E-state index contributed by atoms with van der Waals surface area (Å²) in [6, 6.07) is 12.3. The van der Waals surface area contributed by atoms with E-state index < -0.39 is 0 Å². The average molecular weight is 435 g/mol. The molecule has 0 saturated carbocycles. The van der Waals surface area contributed by atoms with Gasteiger partial charge in [0.25, 0.3) is 5.78 Å². The van der Waals surface area contributed by atoms with E-state index in [1.54, 1.807) is 13.4 Å². The van der Waals surface area contributed by atoms with Crippen molar-refractivity contribution >= 4 is 11.6 Å². The standard InChI is InChI=1S/C22H26N8O2/c1-16(31-2)21-26-19(32-27-21)14-28-9-6-10-29(12-11-28)20-13-18(17-7-4-3-5-8-17)25-22-23-15-24-30(20)22/h3-5,7-8,13,15-16H,6,9-12,14H2,1-2H3. The molecule has 0 spiro atoms. The van der Waals surface area contributed by atoms with Crippen LogP contribution in [0.3, 0.4) is 0 Å². The number of hydrogen-bond acceptors (Lipinski definition) is 9. The van der Waals surface area contributed by atoms with Crippen LogP contribution in [0.2, 0.25) is 0 Å². The Labute approximate surface area is 185 Å². The molecule has 10 nitrogen and oxygen atoms in total. The zero-order valence-corrected chi connectivity index (χ0v) is 18.3. The Balaban J connectivity index is 1.34. The summed E-state index contributed by atoms with van der Waals surface area (Å²) in [5, 5.41) is 8.45. The first-order valence-corrected chi connectivity index (χ1v) is 10.8. The number of rotatable bonds is 6. The van der Waals surface area contributed by atoms with Crippen molar-refractivity contribution < 1.29 is 9.26 Å². The molecule has 0 radical (unpaired) electrons. The molecule has 1 aromatic carbocycles. The molecule has 1 aliphatic heterocycles. The highest BCUT2D eigenvalue weighted by atomic mass is 16.5. The molecule has 10 heteroatoms. The molecule has 1 atom stereocenters. The zero-order chi connectivity index (χ0) is 21.9. The van der Waals surface area contributed by atoms with Gasteiger partial charge in [0, 0.05) is 44.9 Å². The Morgan fingerprint density at radius 3 is 2.81 bits per heavy atom. The number of hydrogen-bond donors (Lipinski definition) is 0. The summed E-state index contributed by atoms with van der Waals surface area (Å²) in [5.74, 6) is 2.80. The number of fused-ring (bicyclic) bond motifs is 1. The lowest BCUT2D eigenvalue weighted by atomic mass is 10.1. The van der Waals surface area contributed by atoms with Crippen molar-refractivity contribution in [1.82, 2.24) is 34.6 Å². The van der Waals surface area contributed by atoms with Gasteiger partial charge in [0.05, 0.1) is 12.2 Å². The lowest BCUT2D eigenvalue weighted by molar-refractivity contribution is 0.109. The maximum atomic E-state index is 5.43. The van der Waals surface area contributed by atoms with Crippen LogP contribution in [0.1, 0.15) is 31.2 Å². The van der Waals surface area contributed by atoms with Gasteiger partial charge in [-0.15, -0.1) is 0 Å². The first-order valence-electron chi connectivity index (χ1n) is 10.8. The molecule has 0 amide bonds. The fourth-order valence-corrected chi connectivity index (χ4v) is 3.93. The Hall–Kier alpha value is -3.37. The summed E-state index contributed by atoms with van der Waals surface area (Å²) >= 11 is 0. The normalized spacial score (nSPS) is 16.4. The molecule has 1 unspecified atom stereocenters. The van der Waals surface area contributed by atoms with Crippen LogP contribution in [0.15, 0.2) is 47.2 Å². The van der Waals surface area contributed by atoms with Gasteiger partial charge in [0.1, 0.15) is 18.2 Å². The summed E-state index contributed by atoms with van der Waals surface area (Å²) < 4.78 is 12.5. The van der Waals surface area contributed by atoms with Gasteiger partial charge in [-0.3, -0.25) is 4.90 Å². The smallest absolute Gasteiger partial charge is 0.254 e. The van der Waals surface area contributed by atoms with Gasteiger partial charge in [-0.1, -0.05) is 35.5 Å². The van der Waals surface area contributed by atoms with E-state index in [0.29, 0.717) is 24.0 Å². The molecule has 4 aromatic rings. The van der Waals surface area contributed by atoms with Crippen molar-refractivity contribution in [3.8, 4) is 11.3 Å². The predicted molar refractivity (Wildman–Crippen MR) is 118 cm³/mol. The highest BCUT2D eigenvalue weighted by Crippen LogP contribution is 2.25. The van der Waals surface area contributed by atoms with Crippen molar-refractivity contribution in [3.05, 3.63) is 54.4 Å². The maximum Gasteiger partial charge on any atom is 0.254 e. The summed E-state index contributed by atoms with van der Waals surface area (Å²) in [6.45, 7) is 6.12. The first kappa shape index (κ1) is 20.5. The summed E-state index contributed by atoms with van der Waals surface area (Å²) in [6.07, 6.45) is 2.39. The van der Waals surface area contributed by atoms with E-state index in [4.69, 9.17) is 14.2 Å². The van der Waals surface area contributed by atoms with E-state index in [0.717, 1.165) is 49.7 Å². The van der Waals surface area contributed by atoms with Crippen LogP contribution in [0.25, 0.3) is 17.0 Å². The number of ether oxygens (including phenoxy) is 1. The molecule has 1 aliphatic rings. The topological polar surface area (TPSA) is 97.7 Å². The Morgan fingerprint density at radius 2 is 1.97 bits per heavy atom. The van der Waals surface area contributed by atoms with E-state index in [2.05, 4.69) is 48.2 Å². The third-order valence-corrected chi connectivity index (χ3v) is 5.77. The Morgan fingerprint density at radius 1 is 1.09 bits per heavy atom. The number of nitrogens with zero attached hydrogens (tertiary/aromatic N) is 8. The van der Waals surface area contributed by atoms with E-state index in [-0.39, 0.29) is 6.10 Å². The van der Waals surface area contributed by atoms with Gasteiger partial charge in [0.15, 0.2) is 5.82 Å². The average Bonchev–Trinajstić information content (AvgIpc) is 3.44. The minimum atomic E-state index is -0.178. The monoisotopic (exact) mass is 434 g/mol. The van der Waals surface area contributed by atoms with Crippen LogP contribution in [0.4, 0.5) is 5.82 Å². The summed E-state index contributed by atoms with van der Waals surface area (Å²) in [7, 11) is 1.64. The minimum absolute atomic E-state index is 0.178. The highest BCUT2D eigenvalue weighted by molar-refractivity contribution is 5.65. The van der Waals surface area contributed by atoms with Crippen molar-refractivity contribution in [2.24, 2.45) is 0 Å². The molecular weight excluding hydrogens is 408 g/mol. The van der Waals surface area contributed by atoms with Crippen molar-refractivity contribution in [2.75, 3.05) is 38.2 Å². The lowest BCUT2D eigenvalue weighted by Gasteiger charge is -2.24. The van der Waals surface area contributed by atoms with E-state index in [1.165, 1.54) is 0 Å². The largest absolute Gasteiger partial charge is 0.374 e. The molecule has 1 fully saturated rings. The fourth-order valence-electron chi connectivity index (χ4n) is 3.93. The SMILES string of the molecule is COC(C)c1noc(CN2CCCN(c3cc(-c4ccccc4)nc4ncnn34)CC2)n1. The van der Waals surface area contributed by atoms with Crippen LogP contribution in [-0.4, -0.2) is 67.9 Å². The van der Waals surface area contributed by atoms with Gasteiger partial charge in [-0.25, -0.2) is 4.98 Å². The van der Waals surface area contributed by atoms with Crippen molar-refractivity contribution in [2.45, 2.75) is 26.0 Å². The van der Waals surface area contributed by atoms with Gasteiger partial charge in [-0.05, 0) is 13.3 Å². The number of aromatic nitrogens is 6. The summed E-state index contributed by atoms with van der Waals surface area (Å²) in [5.41, 5.74) is 1.96. The van der Waals surface area contributed by atoms with Gasteiger partial charge in [-0.2, -0.15) is 19.6 Å². The van der Waals surface area contributed by atoms with Crippen LogP contribution < -0.4 is 4.90 Å². The molecule has 1 saturated heterocycles. The van der Waals surface area contributed by atoms with E-state index in [1.807, 2.05) is 29.6 Å². The fraction of sp³-hybridized carbons (Fsp3) is 0.409. The second-order valence-electron chi connectivity index (χ2n) is 7.88. The lowest BCUT2D eigenvalue weighted by Crippen LogP contribution is -2.31. The van der Waals surface area contributed by atoms with Crippen molar-refractivity contribution in [1.29, 1.82) is 0 Å². The molecule has 32 heavy (non-hydrogen) atoms. The molecule has 4 heterocycles. The van der Waals surface area contributed by atoms with Crippen LogP contribution in [-0.2, 0) is 11.3 Å². The molecular formula is C22H26N8O2. The second-order valence-corrected chi connectivity index (χ2v) is 7.88. The van der Waals surface area contributed by atoms with E-state index in [9.17, 15) is 0 Å². The quantitative estimate of drug-likeness (QED) is 0.453. The van der Waals surface area contributed by atoms with Crippen LogP contribution in [0, 0.1) is 0 Å². The van der Waals surface area contributed by atoms with Gasteiger partial charge < -0.3 is 14.2 Å². The van der Waals surface area contributed by atoms with Crippen molar-refractivity contribution in [3.63, 3.8) is 0 Å². The zero-order valence-electron chi connectivity index (χ0n) is 18.3. The number of benzene rings is 1. The summed E-state index contributed by atoms with van der Waals surface area (Å²) in [4.78, 5) is 18.2. The van der Waals surface area contributed by atoms with Gasteiger partial charge in [0.2, 0.25) is 5.89 Å². The number of methoxy groups -OCH3 is 1. The predicted octanol–water partition coefficient (Wildman–Crippen LogP) is 2.59. The molecule has 166 valence electrons. The third kappa shape index (κ3) is 4.19. The van der Waals surface area contributed by atoms with E-state index >= 15 is 0 Å². The molecule has 3 aromatic heterocycles. The molecule has 5 rings (SSSR count). The van der Waals surface area contributed by atoms with Crippen LogP contribution in [0.5, 0.6) is 0 Å².